The molecule has 2 rings (SSSR count). The number of aryl methyl sites for hydroxylation is 1. The van der Waals surface area contributed by atoms with Crippen LogP contribution in [0.1, 0.15) is 22.3 Å². The molecule has 0 radical (unpaired) electrons. The second kappa shape index (κ2) is 4.75. The summed E-state index contributed by atoms with van der Waals surface area (Å²) in [6, 6.07) is 5.37. The molecule has 1 aromatic rings. The van der Waals surface area contributed by atoms with Gasteiger partial charge in [0.2, 0.25) is 0 Å². The minimum atomic E-state index is -0.896. The predicted octanol–water partition coefficient (Wildman–Crippen LogP) is 1.51. The van der Waals surface area contributed by atoms with E-state index in [0.29, 0.717) is 5.56 Å². The Labute approximate surface area is 100 Å². The van der Waals surface area contributed by atoms with Gasteiger partial charge in [0.05, 0.1) is 11.3 Å². The summed E-state index contributed by atoms with van der Waals surface area (Å²) in [4.78, 5) is 13.2. The van der Waals surface area contributed by atoms with E-state index in [-0.39, 0.29) is 12.5 Å². The van der Waals surface area contributed by atoms with Crippen LogP contribution < -0.4 is 4.90 Å². The van der Waals surface area contributed by atoms with Crippen LogP contribution in [0.5, 0.6) is 0 Å². The normalized spacial score (nSPS) is 19.6. The van der Waals surface area contributed by atoms with E-state index in [9.17, 15) is 4.79 Å². The number of aromatic carboxylic acids is 1. The van der Waals surface area contributed by atoms with Gasteiger partial charge in [0.15, 0.2) is 0 Å². The molecule has 92 valence electrons. The van der Waals surface area contributed by atoms with Crippen molar-refractivity contribution in [2.45, 2.75) is 13.3 Å². The summed E-state index contributed by atoms with van der Waals surface area (Å²) in [6.45, 7) is 3.68. The molecule has 0 aromatic heterocycles. The molecule has 1 heterocycles. The number of hydrogen-bond acceptors (Lipinski definition) is 3. The first kappa shape index (κ1) is 11.9. The lowest BCUT2D eigenvalue weighted by molar-refractivity contribution is 0.0697. The highest BCUT2D eigenvalue weighted by Gasteiger charge is 2.25. The molecule has 1 unspecified atom stereocenters. The summed E-state index contributed by atoms with van der Waals surface area (Å²) in [5.74, 6) is -0.635. The lowest BCUT2D eigenvalue weighted by Crippen LogP contribution is -2.23. The number of carboxylic acids is 1. The zero-order chi connectivity index (χ0) is 12.4. The van der Waals surface area contributed by atoms with E-state index in [1.54, 1.807) is 6.07 Å². The van der Waals surface area contributed by atoms with Gasteiger partial charge in [-0.05, 0) is 31.0 Å². The van der Waals surface area contributed by atoms with E-state index in [2.05, 4.69) is 4.90 Å². The zero-order valence-electron chi connectivity index (χ0n) is 9.89. The van der Waals surface area contributed by atoms with Gasteiger partial charge in [0.25, 0.3) is 0 Å². The van der Waals surface area contributed by atoms with Crippen LogP contribution in [0.3, 0.4) is 0 Å². The van der Waals surface area contributed by atoms with Gasteiger partial charge >= 0.3 is 5.97 Å². The van der Waals surface area contributed by atoms with Gasteiger partial charge < -0.3 is 15.1 Å². The largest absolute Gasteiger partial charge is 0.478 e. The Morgan fingerprint density at radius 2 is 2.29 bits per heavy atom. The molecule has 0 saturated carbocycles. The number of carboxylic acid groups (broad SMARTS) is 1. The fraction of sp³-hybridized carbons (Fsp3) is 0.462. The maximum atomic E-state index is 11.2. The van der Waals surface area contributed by atoms with Gasteiger partial charge in [-0.3, -0.25) is 0 Å². The van der Waals surface area contributed by atoms with E-state index < -0.39 is 5.97 Å². The number of hydrogen-bond donors (Lipinski definition) is 2. The molecule has 1 saturated heterocycles. The van der Waals surface area contributed by atoms with Crippen LogP contribution >= 0.6 is 0 Å². The van der Waals surface area contributed by atoms with Crippen LogP contribution in [0, 0.1) is 12.8 Å². The number of aliphatic hydroxyl groups is 1. The Morgan fingerprint density at radius 3 is 2.88 bits per heavy atom. The molecule has 1 aliphatic heterocycles. The maximum absolute atomic E-state index is 11.2. The molecule has 0 bridgehead atoms. The zero-order valence-corrected chi connectivity index (χ0v) is 9.89. The van der Waals surface area contributed by atoms with Crippen molar-refractivity contribution in [3.63, 3.8) is 0 Å². The van der Waals surface area contributed by atoms with Crippen LogP contribution in [-0.4, -0.2) is 35.9 Å². The smallest absolute Gasteiger partial charge is 0.337 e. The summed E-state index contributed by atoms with van der Waals surface area (Å²) in [7, 11) is 0. The van der Waals surface area contributed by atoms with E-state index in [0.717, 1.165) is 30.8 Å². The fourth-order valence-electron chi connectivity index (χ4n) is 2.28. The molecule has 0 aliphatic carbocycles. The Balaban J connectivity index is 2.31. The SMILES string of the molecule is Cc1ccc(C(=O)O)c(N2CCC(CO)C2)c1. The van der Waals surface area contributed by atoms with Crippen molar-refractivity contribution in [3.8, 4) is 0 Å². The second-order valence-electron chi connectivity index (χ2n) is 4.61. The second-order valence-corrected chi connectivity index (χ2v) is 4.61. The highest BCUT2D eigenvalue weighted by molar-refractivity contribution is 5.94. The molecule has 1 aromatic carbocycles. The highest BCUT2D eigenvalue weighted by atomic mass is 16.4. The third-order valence-corrected chi connectivity index (χ3v) is 3.27. The van der Waals surface area contributed by atoms with E-state index in [1.807, 2.05) is 19.1 Å². The molecule has 0 amide bonds. The van der Waals surface area contributed by atoms with Gasteiger partial charge in [-0.15, -0.1) is 0 Å². The van der Waals surface area contributed by atoms with Gasteiger partial charge in [0.1, 0.15) is 0 Å². The average molecular weight is 235 g/mol. The summed E-state index contributed by atoms with van der Waals surface area (Å²) in [5, 5.41) is 18.3. The van der Waals surface area contributed by atoms with E-state index in [1.165, 1.54) is 0 Å². The van der Waals surface area contributed by atoms with Crippen LogP contribution in [0.2, 0.25) is 0 Å². The summed E-state index contributed by atoms with van der Waals surface area (Å²) in [6.07, 6.45) is 0.920. The van der Waals surface area contributed by atoms with Crippen molar-refractivity contribution in [3.05, 3.63) is 29.3 Å². The molecule has 1 aliphatic rings. The average Bonchev–Trinajstić information content (AvgIpc) is 2.76. The van der Waals surface area contributed by atoms with Crippen LogP contribution in [0.25, 0.3) is 0 Å². The van der Waals surface area contributed by atoms with Gasteiger partial charge in [0, 0.05) is 25.6 Å². The maximum Gasteiger partial charge on any atom is 0.337 e. The van der Waals surface area contributed by atoms with Crippen molar-refractivity contribution < 1.29 is 15.0 Å². The molecule has 2 N–H and O–H groups in total. The minimum Gasteiger partial charge on any atom is -0.478 e. The molecule has 1 atom stereocenters. The molecular weight excluding hydrogens is 218 g/mol. The monoisotopic (exact) mass is 235 g/mol. The van der Waals surface area contributed by atoms with Crippen molar-refractivity contribution in [1.82, 2.24) is 0 Å². The number of carbonyl (C=O) groups is 1. The number of anilines is 1. The summed E-state index contributed by atoms with van der Waals surface area (Å²) >= 11 is 0. The predicted molar refractivity (Wildman–Crippen MR) is 65.5 cm³/mol. The topological polar surface area (TPSA) is 60.8 Å². The molecule has 17 heavy (non-hydrogen) atoms. The Bertz CT molecular complexity index is 431. The first-order valence-corrected chi connectivity index (χ1v) is 5.81. The molecular formula is C13H17NO3. The quantitative estimate of drug-likeness (QED) is 0.833. The Kier molecular flexibility index (Phi) is 3.33. The van der Waals surface area contributed by atoms with Gasteiger partial charge in [-0.25, -0.2) is 4.79 Å². The van der Waals surface area contributed by atoms with Gasteiger partial charge in [-0.1, -0.05) is 6.07 Å². The third-order valence-electron chi connectivity index (χ3n) is 3.27. The van der Waals surface area contributed by atoms with Crippen molar-refractivity contribution in [1.29, 1.82) is 0 Å². The Hall–Kier alpha value is -1.55. The first-order valence-electron chi connectivity index (χ1n) is 5.81. The molecule has 4 nitrogen and oxygen atoms in total. The number of rotatable bonds is 3. The highest BCUT2D eigenvalue weighted by Crippen LogP contribution is 2.28. The van der Waals surface area contributed by atoms with E-state index >= 15 is 0 Å². The standard InChI is InChI=1S/C13H17NO3/c1-9-2-3-11(13(16)17)12(6-9)14-5-4-10(7-14)8-15/h2-3,6,10,15H,4-5,7-8H2,1H3,(H,16,17). The molecule has 0 spiro atoms. The summed E-state index contributed by atoms with van der Waals surface area (Å²) in [5.41, 5.74) is 2.17. The van der Waals surface area contributed by atoms with Crippen LogP contribution in [0.4, 0.5) is 5.69 Å². The number of nitrogens with zero attached hydrogens (tertiary/aromatic N) is 1. The fourth-order valence-corrected chi connectivity index (χ4v) is 2.28. The van der Waals surface area contributed by atoms with Crippen LogP contribution in [-0.2, 0) is 0 Å². The van der Waals surface area contributed by atoms with E-state index in [4.69, 9.17) is 10.2 Å². The number of benzene rings is 1. The Morgan fingerprint density at radius 1 is 1.53 bits per heavy atom. The lowest BCUT2D eigenvalue weighted by Gasteiger charge is -2.21. The molecule has 4 heteroatoms. The number of aliphatic hydroxyl groups excluding tert-OH is 1. The first-order chi connectivity index (χ1) is 8.11. The van der Waals surface area contributed by atoms with Crippen molar-refractivity contribution in [2.24, 2.45) is 5.92 Å². The van der Waals surface area contributed by atoms with Crippen LogP contribution in [0.15, 0.2) is 18.2 Å². The summed E-state index contributed by atoms with van der Waals surface area (Å²) < 4.78 is 0. The third kappa shape index (κ3) is 2.42. The molecule has 1 fully saturated rings. The minimum absolute atomic E-state index is 0.171. The van der Waals surface area contributed by atoms with Gasteiger partial charge in [-0.2, -0.15) is 0 Å². The lowest BCUT2D eigenvalue weighted by atomic mass is 10.1. The van der Waals surface area contributed by atoms with Crippen molar-refractivity contribution in [2.75, 3.05) is 24.6 Å². The van der Waals surface area contributed by atoms with Crippen molar-refractivity contribution >= 4 is 11.7 Å².